The van der Waals surface area contributed by atoms with Crippen LogP contribution in [0.1, 0.15) is 6.42 Å². The monoisotopic (exact) mass is 330 g/mol. The second-order valence-corrected chi connectivity index (χ2v) is 5.26. The maximum Gasteiger partial charge on any atom is 0.319 e. The molecule has 3 aromatic rings. The number of nitrogens with zero attached hydrogens (tertiary/aromatic N) is 2. The summed E-state index contributed by atoms with van der Waals surface area (Å²) in [5, 5.41) is 5.82. The van der Waals surface area contributed by atoms with E-state index in [1.165, 1.54) is 6.07 Å². The van der Waals surface area contributed by atoms with Gasteiger partial charge in [-0.3, -0.25) is 0 Å². The molecule has 2 aromatic heterocycles. The van der Waals surface area contributed by atoms with Crippen LogP contribution in [-0.2, 0) is 6.54 Å². The zero-order valence-corrected chi connectivity index (χ0v) is 12.8. The molecule has 1 aromatic carbocycles. The molecule has 0 atom stereocenters. The Labute approximate surface area is 137 Å². The van der Waals surface area contributed by atoms with Gasteiger partial charge in [-0.05, 0) is 36.8 Å². The Hall–Kier alpha value is -2.96. The molecular weight excluding hydrogens is 314 g/mol. The van der Waals surface area contributed by atoms with Crippen LogP contribution in [0.3, 0.4) is 0 Å². The number of rotatable bonds is 5. The molecule has 5 nitrogen and oxygen atoms in total. The minimum Gasteiger partial charge on any atom is -0.338 e. The fourth-order valence-corrected chi connectivity index (χ4v) is 2.43. The number of halogens is 2. The van der Waals surface area contributed by atoms with Gasteiger partial charge in [0.2, 0.25) is 0 Å². The number of hydrogen-bond acceptors (Lipinski definition) is 2. The number of carbonyl (C=O) groups excluding carboxylic acids is 1. The van der Waals surface area contributed by atoms with Crippen molar-refractivity contribution >= 4 is 22.8 Å². The van der Waals surface area contributed by atoms with E-state index in [1.54, 1.807) is 6.20 Å². The second kappa shape index (κ2) is 7.08. The van der Waals surface area contributed by atoms with Gasteiger partial charge >= 0.3 is 6.03 Å². The molecule has 0 aliphatic heterocycles. The predicted molar refractivity (Wildman–Crippen MR) is 87.7 cm³/mol. The first kappa shape index (κ1) is 15.9. The number of aromatic nitrogens is 2. The number of fused-ring (bicyclic) bond motifs is 1. The Morgan fingerprint density at radius 2 is 1.92 bits per heavy atom. The first-order valence-corrected chi connectivity index (χ1v) is 7.54. The van der Waals surface area contributed by atoms with Crippen molar-refractivity contribution in [2.24, 2.45) is 0 Å². The maximum atomic E-state index is 13.4. The van der Waals surface area contributed by atoms with E-state index in [0.29, 0.717) is 19.5 Å². The number of pyridine rings is 1. The third-order valence-corrected chi connectivity index (χ3v) is 3.59. The van der Waals surface area contributed by atoms with Crippen molar-refractivity contribution in [3.05, 3.63) is 60.4 Å². The molecule has 0 radical (unpaired) electrons. The van der Waals surface area contributed by atoms with Crippen molar-refractivity contribution in [3.8, 4) is 0 Å². The summed E-state index contributed by atoms with van der Waals surface area (Å²) in [7, 11) is 0. The number of nitrogens with one attached hydrogen (secondary N) is 2. The van der Waals surface area contributed by atoms with Crippen LogP contribution in [0.15, 0.2) is 48.8 Å². The van der Waals surface area contributed by atoms with Crippen molar-refractivity contribution in [3.63, 3.8) is 0 Å². The van der Waals surface area contributed by atoms with Crippen LogP contribution in [-0.4, -0.2) is 22.1 Å². The Bertz CT molecular complexity index is 842. The van der Waals surface area contributed by atoms with Gasteiger partial charge in [-0.25, -0.2) is 18.6 Å². The lowest BCUT2D eigenvalue weighted by Crippen LogP contribution is -2.30. The van der Waals surface area contributed by atoms with Crippen LogP contribution in [0.2, 0.25) is 0 Å². The van der Waals surface area contributed by atoms with Crippen molar-refractivity contribution in [2.45, 2.75) is 13.0 Å². The molecule has 0 bridgehead atoms. The summed E-state index contributed by atoms with van der Waals surface area (Å²) in [6.45, 7) is 1.04. The highest BCUT2D eigenvalue weighted by Gasteiger charge is 2.11. The molecular formula is C17H16F2N4O. The van der Waals surface area contributed by atoms with Crippen LogP contribution in [0.4, 0.5) is 19.3 Å². The van der Waals surface area contributed by atoms with E-state index in [1.807, 2.05) is 29.0 Å². The molecule has 2 amide bonds. The van der Waals surface area contributed by atoms with E-state index >= 15 is 0 Å². The molecule has 24 heavy (non-hydrogen) atoms. The van der Waals surface area contributed by atoms with E-state index in [2.05, 4.69) is 15.6 Å². The van der Waals surface area contributed by atoms with Crippen LogP contribution in [0.25, 0.3) is 11.0 Å². The highest BCUT2D eigenvalue weighted by Crippen LogP contribution is 2.17. The highest BCUT2D eigenvalue weighted by molar-refractivity contribution is 5.89. The van der Waals surface area contributed by atoms with Gasteiger partial charge in [-0.2, -0.15) is 0 Å². The smallest absolute Gasteiger partial charge is 0.319 e. The molecule has 0 aliphatic carbocycles. The van der Waals surface area contributed by atoms with Gasteiger partial charge in [0, 0.05) is 30.9 Å². The van der Waals surface area contributed by atoms with Gasteiger partial charge in [0.05, 0.1) is 0 Å². The predicted octanol–water partition coefficient (Wildman–Crippen LogP) is 3.53. The molecule has 0 saturated carbocycles. The maximum absolute atomic E-state index is 13.4. The summed E-state index contributed by atoms with van der Waals surface area (Å²) in [6, 6.07) is 8.60. The number of urea groups is 1. The topological polar surface area (TPSA) is 59.0 Å². The third kappa shape index (κ3) is 3.51. The van der Waals surface area contributed by atoms with Gasteiger partial charge in [-0.1, -0.05) is 6.07 Å². The number of anilines is 1. The largest absolute Gasteiger partial charge is 0.338 e. The van der Waals surface area contributed by atoms with E-state index in [-0.39, 0.29) is 0 Å². The molecule has 0 aliphatic rings. The van der Waals surface area contributed by atoms with E-state index in [4.69, 9.17) is 0 Å². The fourth-order valence-electron chi connectivity index (χ4n) is 2.43. The molecule has 7 heteroatoms. The molecule has 3 rings (SSSR count). The zero-order valence-electron chi connectivity index (χ0n) is 12.8. The Balaban J connectivity index is 1.49. The van der Waals surface area contributed by atoms with E-state index < -0.39 is 23.4 Å². The van der Waals surface area contributed by atoms with Gasteiger partial charge in [0.1, 0.15) is 23.0 Å². The molecule has 0 spiro atoms. The number of carbonyl (C=O) groups is 1. The molecule has 0 unspecified atom stereocenters. The first-order chi connectivity index (χ1) is 11.6. The van der Waals surface area contributed by atoms with Crippen LogP contribution < -0.4 is 10.6 Å². The van der Waals surface area contributed by atoms with Crippen molar-refractivity contribution in [2.75, 3.05) is 11.9 Å². The lowest BCUT2D eigenvalue weighted by atomic mass is 10.3. The average molecular weight is 330 g/mol. The average Bonchev–Trinajstić information content (AvgIpc) is 2.98. The lowest BCUT2D eigenvalue weighted by molar-refractivity contribution is 0.251. The second-order valence-electron chi connectivity index (χ2n) is 5.26. The molecule has 0 saturated heterocycles. The first-order valence-electron chi connectivity index (χ1n) is 7.54. The van der Waals surface area contributed by atoms with Crippen LogP contribution >= 0.6 is 0 Å². The van der Waals surface area contributed by atoms with Crippen LogP contribution in [0.5, 0.6) is 0 Å². The van der Waals surface area contributed by atoms with Crippen molar-refractivity contribution in [1.82, 2.24) is 14.9 Å². The van der Waals surface area contributed by atoms with Gasteiger partial charge in [-0.15, -0.1) is 0 Å². The summed E-state index contributed by atoms with van der Waals surface area (Å²) in [5.41, 5.74) is 0.436. The lowest BCUT2D eigenvalue weighted by Gasteiger charge is -2.09. The fraction of sp³-hybridized carbons (Fsp3) is 0.176. The molecule has 2 heterocycles. The minimum absolute atomic E-state index is 0.369. The summed E-state index contributed by atoms with van der Waals surface area (Å²) in [6.07, 6.45) is 4.33. The van der Waals surface area contributed by atoms with Crippen molar-refractivity contribution < 1.29 is 13.6 Å². The Morgan fingerprint density at radius 1 is 1.12 bits per heavy atom. The highest BCUT2D eigenvalue weighted by atomic mass is 19.1. The standard InChI is InChI=1S/C17H16F2N4O/c18-13-5-1-6-14(19)15(13)22-17(24)21-9-3-10-23-11-7-12-4-2-8-20-16(12)23/h1-2,4-8,11H,3,9-10H2,(H2,21,22,24). The van der Waals surface area contributed by atoms with Gasteiger partial charge in [0.15, 0.2) is 0 Å². The van der Waals surface area contributed by atoms with Crippen LogP contribution in [0, 0.1) is 11.6 Å². The summed E-state index contributed by atoms with van der Waals surface area (Å²) in [4.78, 5) is 16.0. The minimum atomic E-state index is -0.810. The normalized spacial score (nSPS) is 10.8. The summed E-state index contributed by atoms with van der Waals surface area (Å²) < 4.78 is 28.9. The number of amides is 2. The molecule has 124 valence electrons. The van der Waals surface area contributed by atoms with E-state index in [9.17, 15) is 13.6 Å². The van der Waals surface area contributed by atoms with E-state index in [0.717, 1.165) is 23.2 Å². The molecule has 0 fully saturated rings. The van der Waals surface area contributed by atoms with Gasteiger partial charge in [0.25, 0.3) is 0 Å². The summed E-state index contributed by atoms with van der Waals surface area (Å²) >= 11 is 0. The quantitative estimate of drug-likeness (QED) is 0.703. The molecule has 2 N–H and O–H groups in total. The van der Waals surface area contributed by atoms with Gasteiger partial charge < -0.3 is 15.2 Å². The number of aryl methyl sites for hydroxylation is 1. The Morgan fingerprint density at radius 3 is 2.71 bits per heavy atom. The summed E-state index contributed by atoms with van der Waals surface area (Å²) in [5.74, 6) is -1.62. The van der Waals surface area contributed by atoms with Crippen molar-refractivity contribution in [1.29, 1.82) is 0 Å². The third-order valence-electron chi connectivity index (χ3n) is 3.59. The zero-order chi connectivity index (χ0) is 16.9. The number of para-hydroxylation sites is 1. The SMILES string of the molecule is O=C(NCCCn1ccc2cccnc21)Nc1c(F)cccc1F. The number of benzene rings is 1. The number of hydrogen-bond donors (Lipinski definition) is 2. The Kier molecular flexibility index (Phi) is 4.69.